The van der Waals surface area contributed by atoms with Gasteiger partial charge >= 0.3 is 0 Å². The predicted octanol–water partition coefficient (Wildman–Crippen LogP) is 3.04. The van der Waals surface area contributed by atoms with Crippen LogP contribution >= 0.6 is 0 Å². The molecule has 0 bridgehead atoms. The topological polar surface area (TPSA) is 35.5 Å². The van der Waals surface area contributed by atoms with Crippen LogP contribution in [0.5, 0.6) is 0 Å². The van der Waals surface area contributed by atoms with Crippen molar-refractivity contribution in [1.82, 2.24) is 9.97 Å². The molecule has 2 aliphatic heterocycles. The van der Waals surface area contributed by atoms with E-state index in [1.807, 2.05) is 12.3 Å². The number of nitrogens with zero attached hydrogens (tertiary/aromatic N) is 5. The molecule has 4 rings (SSSR count). The number of piperazine rings is 1. The summed E-state index contributed by atoms with van der Waals surface area (Å²) >= 11 is 0. The Labute approximate surface area is 150 Å². The lowest BCUT2D eigenvalue weighted by atomic mass is 10.00. The van der Waals surface area contributed by atoms with Gasteiger partial charge in [-0.05, 0) is 37.0 Å². The number of para-hydroxylation sites is 1. The van der Waals surface area contributed by atoms with Crippen molar-refractivity contribution in [3.8, 4) is 0 Å². The van der Waals surface area contributed by atoms with E-state index in [0.717, 1.165) is 57.0 Å². The number of anilines is 3. The minimum absolute atomic E-state index is 0.825. The second-order valence-corrected chi connectivity index (χ2v) is 7.19. The third-order valence-corrected chi connectivity index (χ3v) is 5.42. The number of rotatable bonds is 3. The molecule has 0 saturated carbocycles. The fraction of sp³-hybridized carbons (Fsp3) is 0.500. The van der Waals surface area contributed by atoms with E-state index >= 15 is 0 Å². The highest BCUT2D eigenvalue weighted by atomic mass is 15.3. The van der Waals surface area contributed by atoms with Crippen molar-refractivity contribution in [2.75, 3.05) is 54.0 Å². The van der Waals surface area contributed by atoms with Crippen LogP contribution in [0.3, 0.4) is 0 Å². The first kappa shape index (κ1) is 16.2. The van der Waals surface area contributed by atoms with Crippen molar-refractivity contribution < 1.29 is 0 Å². The highest BCUT2D eigenvalue weighted by Crippen LogP contribution is 2.23. The first-order valence-corrected chi connectivity index (χ1v) is 9.42. The van der Waals surface area contributed by atoms with Gasteiger partial charge in [0.1, 0.15) is 5.82 Å². The summed E-state index contributed by atoms with van der Waals surface area (Å²) in [5.74, 6) is 2.79. The Morgan fingerprint density at radius 1 is 0.800 bits per heavy atom. The molecule has 25 heavy (non-hydrogen) atoms. The number of hydrogen-bond donors (Lipinski definition) is 0. The van der Waals surface area contributed by atoms with Crippen molar-refractivity contribution in [3.05, 3.63) is 42.6 Å². The molecule has 5 nitrogen and oxygen atoms in total. The van der Waals surface area contributed by atoms with Gasteiger partial charge < -0.3 is 14.7 Å². The number of aromatic nitrogens is 2. The highest BCUT2D eigenvalue weighted by Gasteiger charge is 2.21. The van der Waals surface area contributed by atoms with E-state index in [0.29, 0.717) is 0 Å². The zero-order valence-corrected chi connectivity index (χ0v) is 15.0. The van der Waals surface area contributed by atoms with Gasteiger partial charge in [-0.15, -0.1) is 0 Å². The molecule has 2 aromatic rings. The SMILES string of the molecule is CC1CCN(c2nccc(N3CCN(c4ccccc4)CC3)n2)CC1. The minimum atomic E-state index is 0.825. The molecule has 2 aliphatic rings. The molecule has 0 amide bonds. The average molecular weight is 337 g/mol. The first-order chi connectivity index (χ1) is 12.3. The molecule has 0 unspecified atom stereocenters. The molecule has 5 heteroatoms. The van der Waals surface area contributed by atoms with Crippen molar-refractivity contribution >= 4 is 17.5 Å². The maximum Gasteiger partial charge on any atom is 0.227 e. The quantitative estimate of drug-likeness (QED) is 0.860. The van der Waals surface area contributed by atoms with E-state index in [2.05, 4.69) is 56.9 Å². The van der Waals surface area contributed by atoms with Crippen molar-refractivity contribution in [2.45, 2.75) is 19.8 Å². The third kappa shape index (κ3) is 3.70. The van der Waals surface area contributed by atoms with Crippen molar-refractivity contribution in [2.24, 2.45) is 5.92 Å². The van der Waals surface area contributed by atoms with Crippen LogP contribution in [0.4, 0.5) is 17.5 Å². The van der Waals surface area contributed by atoms with Crippen molar-refractivity contribution in [3.63, 3.8) is 0 Å². The van der Waals surface area contributed by atoms with Gasteiger partial charge in [0.2, 0.25) is 5.95 Å². The summed E-state index contributed by atoms with van der Waals surface area (Å²) < 4.78 is 0. The van der Waals surface area contributed by atoms with Crippen LogP contribution < -0.4 is 14.7 Å². The Bertz CT molecular complexity index is 673. The summed E-state index contributed by atoms with van der Waals surface area (Å²) in [6.07, 6.45) is 4.39. The maximum atomic E-state index is 4.87. The fourth-order valence-electron chi connectivity index (χ4n) is 3.71. The van der Waals surface area contributed by atoms with Crippen molar-refractivity contribution in [1.29, 1.82) is 0 Å². The maximum absolute atomic E-state index is 4.87. The van der Waals surface area contributed by atoms with Gasteiger partial charge in [0.25, 0.3) is 0 Å². The van der Waals surface area contributed by atoms with E-state index in [9.17, 15) is 0 Å². The van der Waals surface area contributed by atoms with E-state index in [4.69, 9.17) is 4.98 Å². The molecule has 0 radical (unpaired) electrons. The number of benzene rings is 1. The molecule has 0 atom stereocenters. The minimum Gasteiger partial charge on any atom is -0.368 e. The van der Waals surface area contributed by atoms with Gasteiger partial charge in [-0.3, -0.25) is 0 Å². The lowest BCUT2D eigenvalue weighted by Gasteiger charge is -2.37. The Morgan fingerprint density at radius 3 is 2.20 bits per heavy atom. The van der Waals surface area contributed by atoms with Crippen LogP contribution in [-0.2, 0) is 0 Å². The average Bonchev–Trinajstić information content (AvgIpc) is 2.69. The Balaban J connectivity index is 1.40. The molecule has 1 aromatic heterocycles. The molecule has 132 valence electrons. The van der Waals surface area contributed by atoms with Gasteiger partial charge in [0.05, 0.1) is 0 Å². The zero-order chi connectivity index (χ0) is 17.1. The standard InChI is InChI=1S/C20H27N5/c1-17-8-11-25(12-9-17)20-21-10-7-19(22-20)24-15-13-23(14-16-24)18-5-3-2-4-6-18/h2-7,10,17H,8-9,11-16H2,1H3. The predicted molar refractivity (Wildman–Crippen MR) is 104 cm³/mol. The molecule has 1 aromatic carbocycles. The summed E-state index contributed by atoms with van der Waals surface area (Å²) in [7, 11) is 0. The molecule has 2 fully saturated rings. The van der Waals surface area contributed by atoms with Gasteiger partial charge in [-0.2, -0.15) is 4.98 Å². The highest BCUT2D eigenvalue weighted by molar-refractivity contribution is 5.50. The summed E-state index contributed by atoms with van der Waals surface area (Å²) in [6, 6.07) is 12.7. The monoisotopic (exact) mass is 337 g/mol. The van der Waals surface area contributed by atoms with Gasteiger partial charge in [0, 0.05) is 51.2 Å². The summed E-state index contributed by atoms with van der Waals surface area (Å²) in [6.45, 7) is 8.56. The normalized spacial score (nSPS) is 19.3. The van der Waals surface area contributed by atoms with Crippen LogP contribution in [0.15, 0.2) is 42.6 Å². The Kier molecular flexibility index (Phi) is 4.72. The first-order valence-electron chi connectivity index (χ1n) is 9.42. The summed E-state index contributed by atoms with van der Waals surface area (Å²) in [4.78, 5) is 16.6. The van der Waals surface area contributed by atoms with E-state index < -0.39 is 0 Å². The fourth-order valence-corrected chi connectivity index (χ4v) is 3.71. The van der Waals surface area contributed by atoms with Gasteiger partial charge in [-0.1, -0.05) is 25.1 Å². The van der Waals surface area contributed by atoms with Crippen LogP contribution in [0.1, 0.15) is 19.8 Å². The van der Waals surface area contributed by atoms with E-state index in [1.165, 1.54) is 18.5 Å². The molecule has 0 N–H and O–H groups in total. The second-order valence-electron chi connectivity index (χ2n) is 7.19. The smallest absolute Gasteiger partial charge is 0.227 e. The lowest BCUT2D eigenvalue weighted by Crippen LogP contribution is -2.47. The molecular weight excluding hydrogens is 310 g/mol. The summed E-state index contributed by atoms with van der Waals surface area (Å²) in [5.41, 5.74) is 1.31. The largest absolute Gasteiger partial charge is 0.368 e. The third-order valence-electron chi connectivity index (χ3n) is 5.42. The summed E-state index contributed by atoms with van der Waals surface area (Å²) in [5, 5.41) is 0. The molecular formula is C20H27N5. The number of piperidine rings is 1. The number of hydrogen-bond acceptors (Lipinski definition) is 5. The van der Waals surface area contributed by atoms with Gasteiger partial charge in [-0.25, -0.2) is 4.98 Å². The molecule has 3 heterocycles. The van der Waals surface area contributed by atoms with E-state index in [-0.39, 0.29) is 0 Å². The zero-order valence-electron chi connectivity index (χ0n) is 15.0. The Hall–Kier alpha value is -2.30. The van der Waals surface area contributed by atoms with Crippen LogP contribution in [0, 0.1) is 5.92 Å². The Morgan fingerprint density at radius 2 is 1.48 bits per heavy atom. The van der Waals surface area contributed by atoms with Gasteiger partial charge in [0.15, 0.2) is 0 Å². The molecule has 0 aliphatic carbocycles. The molecule has 0 spiro atoms. The van der Waals surface area contributed by atoms with E-state index in [1.54, 1.807) is 0 Å². The van der Waals surface area contributed by atoms with Crippen LogP contribution in [-0.4, -0.2) is 49.2 Å². The second kappa shape index (κ2) is 7.30. The lowest BCUT2D eigenvalue weighted by molar-refractivity contribution is 0.434. The van der Waals surface area contributed by atoms with Crippen LogP contribution in [0.2, 0.25) is 0 Å². The van der Waals surface area contributed by atoms with Crippen LogP contribution in [0.25, 0.3) is 0 Å². The molecule has 2 saturated heterocycles.